The van der Waals surface area contributed by atoms with Gasteiger partial charge in [-0.25, -0.2) is 9.78 Å². The van der Waals surface area contributed by atoms with Crippen molar-refractivity contribution in [3.63, 3.8) is 0 Å². The van der Waals surface area contributed by atoms with E-state index in [1.165, 1.54) is 12.5 Å². The number of nitrogens with one attached hydrogen (secondary N) is 5. The lowest BCUT2D eigenvalue weighted by atomic mass is 10.0. The monoisotopic (exact) mass is 582 g/mol. The summed E-state index contributed by atoms with van der Waals surface area (Å²) in [6.45, 7) is 4.19. The summed E-state index contributed by atoms with van der Waals surface area (Å²) in [6.07, 6.45) is 6.89. The summed E-state index contributed by atoms with van der Waals surface area (Å²) in [4.78, 5) is 62.0. The van der Waals surface area contributed by atoms with Crippen LogP contribution in [0.1, 0.15) is 50.8 Å². The number of fused-ring (bicyclic) bond motifs is 1. The Hall–Kier alpha value is -4.23. The Morgan fingerprint density at radius 1 is 0.929 bits per heavy atom. The van der Waals surface area contributed by atoms with Gasteiger partial charge in [0.1, 0.15) is 18.1 Å². The van der Waals surface area contributed by atoms with Crippen LogP contribution in [0.25, 0.3) is 10.9 Å². The minimum absolute atomic E-state index is 0.0110. The molecular formula is C29H42N8O5. The number of aromatic amines is 2. The third kappa shape index (κ3) is 9.42. The zero-order chi connectivity index (χ0) is 30.6. The van der Waals surface area contributed by atoms with Crippen LogP contribution < -0.4 is 27.4 Å². The molecule has 0 spiro atoms. The summed E-state index contributed by atoms with van der Waals surface area (Å²) in [6, 6.07) is 3.39. The van der Waals surface area contributed by atoms with Gasteiger partial charge in [0.25, 0.3) is 0 Å². The summed E-state index contributed by atoms with van der Waals surface area (Å²) >= 11 is 0. The first-order chi connectivity index (χ1) is 20.1. The van der Waals surface area contributed by atoms with E-state index in [-0.39, 0.29) is 25.2 Å². The van der Waals surface area contributed by atoms with Crippen molar-refractivity contribution in [2.45, 2.75) is 76.5 Å². The molecular weight excluding hydrogens is 540 g/mol. The first kappa shape index (κ1) is 32.3. The van der Waals surface area contributed by atoms with E-state index < -0.39 is 47.9 Å². The van der Waals surface area contributed by atoms with Gasteiger partial charge in [-0.1, -0.05) is 38.5 Å². The normalized spacial score (nSPS) is 14.2. The number of imidazole rings is 1. The highest BCUT2D eigenvalue weighted by Crippen LogP contribution is 2.19. The van der Waals surface area contributed by atoms with Crippen LogP contribution in [-0.2, 0) is 32.0 Å². The van der Waals surface area contributed by atoms with Crippen LogP contribution in [-0.4, -0.2) is 74.5 Å². The van der Waals surface area contributed by atoms with E-state index in [9.17, 15) is 24.3 Å². The number of rotatable bonds is 17. The number of carbonyl (C=O) groups is 4. The van der Waals surface area contributed by atoms with Crippen molar-refractivity contribution in [1.82, 2.24) is 30.9 Å². The maximum Gasteiger partial charge on any atom is 0.326 e. The Bertz CT molecular complexity index is 1320. The lowest BCUT2D eigenvalue weighted by Gasteiger charge is -2.25. The van der Waals surface area contributed by atoms with E-state index in [4.69, 9.17) is 11.5 Å². The SMILES string of the molecule is CC(C)CC(NC(=O)C(Cc1cnc[nH]1)NC(=O)C(Cc1c[nH]c2ccccc12)NC(=O)C(N)CCCCN)C(=O)O. The average molecular weight is 583 g/mol. The molecule has 1 aromatic carbocycles. The van der Waals surface area contributed by atoms with Gasteiger partial charge in [-0.3, -0.25) is 14.4 Å². The van der Waals surface area contributed by atoms with Crippen LogP contribution in [0.2, 0.25) is 0 Å². The van der Waals surface area contributed by atoms with E-state index >= 15 is 0 Å². The summed E-state index contributed by atoms with van der Waals surface area (Å²) < 4.78 is 0. The third-order valence-corrected chi connectivity index (χ3v) is 6.97. The number of hydrogen-bond acceptors (Lipinski definition) is 7. The number of amides is 3. The minimum atomic E-state index is -1.17. The molecule has 42 heavy (non-hydrogen) atoms. The highest BCUT2D eigenvalue weighted by molar-refractivity contribution is 5.95. The van der Waals surface area contributed by atoms with Gasteiger partial charge in [0.05, 0.1) is 12.4 Å². The molecule has 0 aliphatic heterocycles. The van der Waals surface area contributed by atoms with Gasteiger partial charge in [-0.15, -0.1) is 0 Å². The maximum absolute atomic E-state index is 13.7. The molecule has 0 saturated heterocycles. The zero-order valence-corrected chi connectivity index (χ0v) is 24.1. The summed E-state index contributed by atoms with van der Waals surface area (Å²) in [5.74, 6) is -2.93. The zero-order valence-electron chi connectivity index (χ0n) is 24.1. The number of aliphatic carboxylic acids is 1. The van der Waals surface area contributed by atoms with Gasteiger partial charge in [-0.05, 0) is 43.4 Å². The van der Waals surface area contributed by atoms with Gasteiger partial charge in [0, 0.05) is 41.8 Å². The van der Waals surface area contributed by atoms with Crippen molar-refractivity contribution in [3.8, 4) is 0 Å². The third-order valence-electron chi connectivity index (χ3n) is 6.97. The predicted molar refractivity (Wildman–Crippen MR) is 158 cm³/mol. The molecule has 0 radical (unpaired) electrons. The van der Waals surface area contributed by atoms with E-state index in [1.807, 2.05) is 38.1 Å². The number of carbonyl (C=O) groups excluding carboxylic acids is 3. The van der Waals surface area contributed by atoms with Crippen LogP contribution >= 0.6 is 0 Å². The molecule has 2 aromatic heterocycles. The molecule has 13 nitrogen and oxygen atoms in total. The maximum atomic E-state index is 13.7. The lowest BCUT2D eigenvalue weighted by molar-refractivity contribution is -0.142. The first-order valence-corrected chi connectivity index (χ1v) is 14.2. The Labute approximate surface area is 244 Å². The number of benzene rings is 1. The number of H-pyrrole nitrogens is 2. The van der Waals surface area contributed by atoms with Crippen molar-refractivity contribution in [2.24, 2.45) is 17.4 Å². The standard InChI is InChI=1S/C29H42N8O5/c1-17(2)11-25(29(41)42)37-28(40)24(13-19-15-32-16-34-19)36-27(39)23(35-26(38)21(31)8-5-6-10-30)12-18-14-33-22-9-4-3-7-20(18)22/h3-4,7,9,14-17,21,23-25,33H,5-6,8,10-13,30-31H2,1-2H3,(H,32,34)(H,35,38)(H,36,39)(H,37,40)(H,41,42). The number of nitrogens with two attached hydrogens (primary N) is 2. The fourth-order valence-electron chi connectivity index (χ4n) is 4.71. The number of carboxylic acid groups (broad SMARTS) is 1. The van der Waals surface area contributed by atoms with Crippen LogP contribution in [0, 0.1) is 5.92 Å². The molecule has 3 aromatic rings. The number of nitrogens with zero attached hydrogens (tertiary/aromatic N) is 1. The largest absolute Gasteiger partial charge is 0.480 e. The number of para-hydroxylation sites is 1. The number of carboxylic acids is 1. The summed E-state index contributed by atoms with van der Waals surface area (Å²) in [7, 11) is 0. The molecule has 3 rings (SSSR count). The molecule has 228 valence electrons. The number of aromatic nitrogens is 3. The van der Waals surface area contributed by atoms with E-state index in [2.05, 4.69) is 30.9 Å². The van der Waals surface area contributed by atoms with Crippen LogP contribution in [0.3, 0.4) is 0 Å². The Morgan fingerprint density at radius 2 is 1.60 bits per heavy atom. The molecule has 3 amide bonds. The minimum Gasteiger partial charge on any atom is -0.480 e. The van der Waals surface area contributed by atoms with Crippen LogP contribution in [0.15, 0.2) is 43.0 Å². The fourth-order valence-corrected chi connectivity index (χ4v) is 4.71. The Balaban J connectivity index is 1.84. The number of hydrogen-bond donors (Lipinski definition) is 8. The molecule has 0 aliphatic rings. The van der Waals surface area contributed by atoms with E-state index in [1.54, 1.807) is 6.20 Å². The second-order valence-corrected chi connectivity index (χ2v) is 10.9. The van der Waals surface area contributed by atoms with Crippen molar-refractivity contribution < 1.29 is 24.3 Å². The van der Waals surface area contributed by atoms with Crippen LogP contribution in [0.5, 0.6) is 0 Å². The second-order valence-electron chi connectivity index (χ2n) is 10.9. The Kier molecular flexibility index (Phi) is 12.1. The summed E-state index contributed by atoms with van der Waals surface area (Å²) in [5, 5.41) is 18.6. The molecule has 0 bridgehead atoms. The average Bonchev–Trinajstić information content (AvgIpc) is 3.61. The van der Waals surface area contributed by atoms with Gasteiger partial charge < -0.3 is 42.5 Å². The van der Waals surface area contributed by atoms with Gasteiger partial charge in [-0.2, -0.15) is 0 Å². The molecule has 4 atom stereocenters. The summed E-state index contributed by atoms with van der Waals surface area (Å²) in [5.41, 5.74) is 13.9. The fraction of sp³-hybridized carbons (Fsp3) is 0.483. The molecule has 2 heterocycles. The lowest BCUT2D eigenvalue weighted by Crippen LogP contribution is -2.58. The topological polar surface area (TPSA) is 221 Å². The van der Waals surface area contributed by atoms with Crippen molar-refractivity contribution >= 4 is 34.6 Å². The number of unbranched alkanes of at least 4 members (excludes halogenated alkanes) is 1. The highest BCUT2D eigenvalue weighted by atomic mass is 16.4. The van der Waals surface area contributed by atoms with E-state index in [0.29, 0.717) is 25.1 Å². The van der Waals surface area contributed by atoms with Crippen molar-refractivity contribution in [2.75, 3.05) is 6.54 Å². The smallest absolute Gasteiger partial charge is 0.326 e. The van der Waals surface area contributed by atoms with Crippen molar-refractivity contribution in [1.29, 1.82) is 0 Å². The Morgan fingerprint density at radius 3 is 2.24 bits per heavy atom. The van der Waals surface area contributed by atoms with Gasteiger partial charge in [0.2, 0.25) is 17.7 Å². The van der Waals surface area contributed by atoms with Gasteiger partial charge in [0.15, 0.2) is 0 Å². The predicted octanol–water partition coefficient (Wildman–Crippen LogP) is 0.718. The van der Waals surface area contributed by atoms with Crippen molar-refractivity contribution in [3.05, 3.63) is 54.2 Å². The first-order valence-electron chi connectivity index (χ1n) is 14.2. The van der Waals surface area contributed by atoms with E-state index in [0.717, 1.165) is 22.9 Å². The molecule has 4 unspecified atom stereocenters. The molecule has 13 heteroatoms. The highest BCUT2D eigenvalue weighted by Gasteiger charge is 2.31. The second kappa shape index (κ2) is 15.7. The molecule has 10 N–H and O–H groups in total. The molecule has 0 aliphatic carbocycles. The van der Waals surface area contributed by atoms with Crippen LogP contribution in [0.4, 0.5) is 0 Å². The molecule has 0 fully saturated rings. The quantitative estimate of drug-likeness (QED) is 0.106. The van der Waals surface area contributed by atoms with Gasteiger partial charge >= 0.3 is 5.97 Å². The molecule has 0 saturated carbocycles.